The fraction of sp³-hybridized carbons (Fsp3) is 0.923. The molecule has 4 heteroatoms. The van der Waals surface area contributed by atoms with Crippen LogP contribution < -0.4 is 10.6 Å². The lowest BCUT2D eigenvalue weighted by Crippen LogP contribution is -2.40. The largest absolute Gasteiger partial charge is 0.356 e. The Labute approximate surface area is 104 Å². The maximum atomic E-state index is 12.0. The van der Waals surface area contributed by atoms with Gasteiger partial charge in [0.25, 0.3) is 0 Å². The molecular formula is C13H25N3O. The highest BCUT2D eigenvalue weighted by Crippen LogP contribution is 2.16. The van der Waals surface area contributed by atoms with Crippen LogP contribution in [0.4, 0.5) is 0 Å². The van der Waals surface area contributed by atoms with E-state index in [9.17, 15) is 4.79 Å². The molecule has 2 aliphatic heterocycles. The number of nitrogens with one attached hydrogen (secondary N) is 2. The number of carbonyl (C=O) groups is 1. The highest BCUT2D eigenvalue weighted by molar-refractivity contribution is 5.78. The molecular weight excluding hydrogens is 214 g/mol. The zero-order valence-corrected chi connectivity index (χ0v) is 10.9. The summed E-state index contributed by atoms with van der Waals surface area (Å²) in [5.41, 5.74) is 0. The summed E-state index contributed by atoms with van der Waals surface area (Å²) in [4.78, 5) is 14.4. The molecule has 2 saturated heterocycles. The summed E-state index contributed by atoms with van der Waals surface area (Å²) in [6.07, 6.45) is 3.23. The SMILES string of the molecule is CCN1CCC(CNC(=O)C2CCNCC2)C1. The average Bonchev–Trinajstić information content (AvgIpc) is 2.85. The smallest absolute Gasteiger partial charge is 0.223 e. The predicted molar refractivity (Wildman–Crippen MR) is 68.8 cm³/mol. The first-order valence-electron chi connectivity index (χ1n) is 7.00. The van der Waals surface area contributed by atoms with Crippen molar-refractivity contribution in [1.29, 1.82) is 0 Å². The van der Waals surface area contributed by atoms with Gasteiger partial charge in [-0.05, 0) is 51.4 Å². The standard InChI is InChI=1S/C13H25N3O/c1-2-16-8-5-11(10-16)9-15-13(17)12-3-6-14-7-4-12/h11-12,14H,2-10H2,1H3,(H,15,17). The maximum absolute atomic E-state index is 12.0. The van der Waals surface area contributed by atoms with Crippen molar-refractivity contribution in [3.8, 4) is 0 Å². The van der Waals surface area contributed by atoms with Crippen LogP contribution in [0.5, 0.6) is 0 Å². The Kier molecular flexibility index (Phi) is 4.80. The number of hydrogen-bond donors (Lipinski definition) is 2. The van der Waals surface area contributed by atoms with Crippen molar-refractivity contribution in [3.63, 3.8) is 0 Å². The van der Waals surface area contributed by atoms with Gasteiger partial charge in [0.15, 0.2) is 0 Å². The fourth-order valence-corrected chi connectivity index (χ4v) is 2.84. The molecule has 2 aliphatic rings. The van der Waals surface area contributed by atoms with E-state index in [1.165, 1.54) is 13.0 Å². The van der Waals surface area contributed by atoms with Gasteiger partial charge in [0.05, 0.1) is 0 Å². The Morgan fingerprint density at radius 1 is 1.35 bits per heavy atom. The van der Waals surface area contributed by atoms with Crippen molar-refractivity contribution in [3.05, 3.63) is 0 Å². The maximum Gasteiger partial charge on any atom is 0.223 e. The summed E-state index contributed by atoms with van der Waals surface area (Å²) in [5.74, 6) is 1.20. The van der Waals surface area contributed by atoms with Crippen LogP contribution in [0.3, 0.4) is 0 Å². The van der Waals surface area contributed by atoms with Crippen molar-refractivity contribution >= 4 is 5.91 Å². The lowest BCUT2D eigenvalue weighted by molar-refractivity contribution is -0.125. The van der Waals surface area contributed by atoms with Gasteiger partial charge in [0.1, 0.15) is 0 Å². The van der Waals surface area contributed by atoms with Gasteiger partial charge in [-0.2, -0.15) is 0 Å². The van der Waals surface area contributed by atoms with Crippen LogP contribution in [0.25, 0.3) is 0 Å². The molecule has 0 spiro atoms. The molecule has 0 aromatic heterocycles. The van der Waals surface area contributed by atoms with E-state index in [-0.39, 0.29) is 11.8 Å². The van der Waals surface area contributed by atoms with Gasteiger partial charge in [-0.15, -0.1) is 0 Å². The number of rotatable bonds is 4. The van der Waals surface area contributed by atoms with Gasteiger partial charge in [-0.25, -0.2) is 0 Å². The zero-order valence-electron chi connectivity index (χ0n) is 10.9. The van der Waals surface area contributed by atoms with Crippen molar-refractivity contribution in [2.75, 3.05) is 39.3 Å². The molecule has 0 aromatic carbocycles. The number of carbonyl (C=O) groups excluding carboxylic acids is 1. The summed E-state index contributed by atoms with van der Waals surface area (Å²) in [5, 5.41) is 6.44. The number of likely N-dealkylation sites (tertiary alicyclic amines) is 1. The van der Waals surface area contributed by atoms with E-state index < -0.39 is 0 Å². The first-order valence-corrected chi connectivity index (χ1v) is 7.00. The van der Waals surface area contributed by atoms with Crippen LogP contribution in [-0.4, -0.2) is 50.1 Å². The normalized spacial score (nSPS) is 27.2. The first kappa shape index (κ1) is 12.8. The first-order chi connectivity index (χ1) is 8.29. The topological polar surface area (TPSA) is 44.4 Å². The molecule has 2 rings (SSSR count). The Balaban J connectivity index is 1.65. The average molecular weight is 239 g/mol. The highest BCUT2D eigenvalue weighted by Gasteiger charge is 2.24. The molecule has 1 atom stereocenters. The number of nitrogens with zero attached hydrogens (tertiary/aromatic N) is 1. The zero-order chi connectivity index (χ0) is 12.1. The third-order valence-corrected chi connectivity index (χ3v) is 4.09. The molecule has 1 amide bonds. The quantitative estimate of drug-likeness (QED) is 0.748. The summed E-state index contributed by atoms with van der Waals surface area (Å²) >= 11 is 0. The van der Waals surface area contributed by atoms with Crippen molar-refractivity contribution in [1.82, 2.24) is 15.5 Å². The minimum absolute atomic E-state index is 0.250. The van der Waals surface area contributed by atoms with Gasteiger partial charge >= 0.3 is 0 Å². The van der Waals surface area contributed by atoms with E-state index >= 15 is 0 Å². The Morgan fingerprint density at radius 3 is 2.76 bits per heavy atom. The summed E-state index contributed by atoms with van der Waals surface area (Å²) in [6.45, 7) is 8.55. The molecule has 0 bridgehead atoms. The molecule has 2 heterocycles. The number of hydrogen-bond acceptors (Lipinski definition) is 3. The summed E-state index contributed by atoms with van der Waals surface area (Å²) in [6, 6.07) is 0. The summed E-state index contributed by atoms with van der Waals surface area (Å²) < 4.78 is 0. The minimum atomic E-state index is 0.250. The van der Waals surface area contributed by atoms with Gasteiger partial charge in [-0.3, -0.25) is 4.79 Å². The highest BCUT2D eigenvalue weighted by atomic mass is 16.1. The summed E-state index contributed by atoms with van der Waals surface area (Å²) in [7, 11) is 0. The van der Waals surface area contributed by atoms with Crippen molar-refractivity contribution in [2.45, 2.75) is 26.2 Å². The molecule has 1 unspecified atom stereocenters. The van der Waals surface area contributed by atoms with Gasteiger partial charge < -0.3 is 15.5 Å². The third kappa shape index (κ3) is 3.68. The van der Waals surface area contributed by atoms with Gasteiger partial charge in [-0.1, -0.05) is 6.92 Å². The van der Waals surface area contributed by atoms with E-state index in [2.05, 4.69) is 22.5 Å². The van der Waals surface area contributed by atoms with Gasteiger partial charge in [0.2, 0.25) is 5.91 Å². The molecule has 0 aliphatic carbocycles. The molecule has 0 saturated carbocycles. The molecule has 4 nitrogen and oxygen atoms in total. The monoisotopic (exact) mass is 239 g/mol. The van der Waals surface area contributed by atoms with Crippen LogP contribution >= 0.6 is 0 Å². The van der Waals surface area contributed by atoms with E-state index in [1.807, 2.05) is 0 Å². The van der Waals surface area contributed by atoms with Crippen LogP contribution in [0.15, 0.2) is 0 Å². The van der Waals surface area contributed by atoms with Crippen LogP contribution in [0, 0.1) is 11.8 Å². The second-order valence-corrected chi connectivity index (χ2v) is 5.32. The van der Waals surface area contributed by atoms with Gasteiger partial charge in [0, 0.05) is 19.0 Å². The van der Waals surface area contributed by atoms with Crippen molar-refractivity contribution in [2.24, 2.45) is 11.8 Å². The molecule has 2 N–H and O–H groups in total. The van der Waals surface area contributed by atoms with E-state index in [4.69, 9.17) is 0 Å². The van der Waals surface area contributed by atoms with Crippen LogP contribution in [0.1, 0.15) is 26.2 Å². The Morgan fingerprint density at radius 2 is 2.12 bits per heavy atom. The third-order valence-electron chi connectivity index (χ3n) is 4.09. The predicted octanol–water partition coefficient (Wildman–Crippen LogP) is 0.444. The van der Waals surface area contributed by atoms with Crippen LogP contribution in [0.2, 0.25) is 0 Å². The Hall–Kier alpha value is -0.610. The lowest BCUT2D eigenvalue weighted by atomic mass is 9.97. The fourth-order valence-electron chi connectivity index (χ4n) is 2.84. The molecule has 0 radical (unpaired) electrons. The molecule has 17 heavy (non-hydrogen) atoms. The number of amides is 1. The lowest BCUT2D eigenvalue weighted by Gasteiger charge is -2.22. The molecule has 2 fully saturated rings. The van der Waals surface area contributed by atoms with E-state index in [0.29, 0.717) is 5.92 Å². The van der Waals surface area contributed by atoms with Crippen LogP contribution in [-0.2, 0) is 4.79 Å². The van der Waals surface area contributed by atoms with Crippen molar-refractivity contribution < 1.29 is 4.79 Å². The van der Waals surface area contributed by atoms with E-state index in [1.54, 1.807) is 0 Å². The molecule has 98 valence electrons. The minimum Gasteiger partial charge on any atom is -0.356 e. The molecule has 0 aromatic rings. The van der Waals surface area contributed by atoms with E-state index in [0.717, 1.165) is 45.6 Å². The second kappa shape index (κ2) is 6.36. The number of piperidine rings is 1. The Bertz CT molecular complexity index is 251. The second-order valence-electron chi connectivity index (χ2n) is 5.32.